The van der Waals surface area contributed by atoms with Crippen LogP contribution in [0.1, 0.15) is 0 Å². The van der Waals surface area contributed by atoms with Crippen molar-refractivity contribution in [2.75, 3.05) is 19.8 Å². The molecule has 2 fully saturated rings. The van der Waals surface area contributed by atoms with Gasteiger partial charge in [-0.3, -0.25) is 4.79 Å². The lowest BCUT2D eigenvalue weighted by molar-refractivity contribution is -0.196. The summed E-state index contributed by atoms with van der Waals surface area (Å²) in [5.41, 5.74) is -5.46. The first-order chi connectivity index (χ1) is 9.37. The number of aliphatic hydroxyl groups excluding tert-OH is 3. The smallest absolute Gasteiger partial charge is 0.362 e. The number of carbonyl (C=O) groups excluding carboxylic acids is 4. The van der Waals surface area contributed by atoms with Gasteiger partial charge in [-0.05, 0) is 0 Å². The molecule has 0 saturated carbocycles. The van der Waals surface area contributed by atoms with Gasteiger partial charge >= 0.3 is 17.9 Å². The van der Waals surface area contributed by atoms with Gasteiger partial charge in [0.2, 0.25) is 11.9 Å². The van der Waals surface area contributed by atoms with Crippen LogP contribution in [0.4, 0.5) is 0 Å². The summed E-state index contributed by atoms with van der Waals surface area (Å²) in [5.74, 6) is -5.85. The maximum atomic E-state index is 12.1. The molecule has 0 aromatic carbocycles. The zero-order chi connectivity index (χ0) is 15.1. The van der Waals surface area contributed by atoms with Crippen LogP contribution in [0.3, 0.4) is 0 Å². The van der Waals surface area contributed by atoms with Crippen LogP contribution in [-0.4, -0.2) is 76.1 Å². The van der Waals surface area contributed by atoms with Gasteiger partial charge in [0.1, 0.15) is 13.2 Å². The predicted octanol–water partition coefficient (Wildman–Crippen LogP) is -3.96. The van der Waals surface area contributed by atoms with E-state index in [9.17, 15) is 29.4 Å². The van der Waals surface area contributed by atoms with E-state index in [0.717, 1.165) is 0 Å². The van der Waals surface area contributed by atoms with Gasteiger partial charge in [0, 0.05) is 0 Å². The molecule has 10 heteroatoms. The largest absolute Gasteiger partial charge is 0.444 e. The molecule has 3 unspecified atom stereocenters. The Morgan fingerprint density at radius 3 is 1.95 bits per heavy atom. The molecule has 2 aliphatic rings. The molecule has 2 saturated heterocycles. The molecule has 0 aliphatic carbocycles. The zero-order valence-corrected chi connectivity index (χ0v) is 9.90. The monoisotopic (exact) mass is 290 g/mol. The van der Waals surface area contributed by atoms with E-state index in [1.54, 1.807) is 0 Å². The summed E-state index contributed by atoms with van der Waals surface area (Å²) in [6.07, 6.45) is -1.80. The maximum Gasteiger partial charge on any atom is 0.362 e. The topological polar surface area (TPSA) is 157 Å². The van der Waals surface area contributed by atoms with Gasteiger partial charge in [-0.15, -0.1) is 0 Å². The molecule has 2 rings (SSSR count). The fourth-order valence-electron chi connectivity index (χ4n) is 1.89. The summed E-state index contributed by atoms with van der Waals surface area (Å²) < 4.78 is 13.6. The molecule has 0 spiro atoms. The minimum Gasteiger partial charge on any atom is -0.444 e. The number of aliphatic hydroxyl groups is 3. The Kier molecular flexibility index (Phi) is 3.24. The Bertz CT molecular complexity index is 498. The van der Waals surface area contributed by atoms with Crippen LogP contribution in [0.25, 0.3) is 0 Å². The minimum atomic E-state index is -2.74. The van der Waals surface area contributed by atoms with E-state index in [0.29, 0.717) is 0 Å². The Labute approximate surface area is 110 Å². The number of rotatable bonds is 3. The Morgan fingerprint density at radius 2 is 1.45 bits per heavy atom. The number of ketones is 1. The number of hydrogen-bond donors (Lipinski definition) is 3. The average Bonchev–Trinajstić information content (AvgIpc) is 2.67. The van der Waals surface area contributed by atoms with E-state index in [1.165, 1.54) is 0 Å². The Morgan fingerprint density at radius 1 is 0.900 bits per heavy atom. The summed E-state index contributed by atoms with van der Waals surface area (Å²) in [7, 11) is 0. The van der Waals surface area contributed by atoms with Crippen molar-refractivity contribution >= 4 is 23.7 Å². The first-order valence-electron chi connectivity index (χ1n) is 5.43. The first kappa shape index (κ1) is 14.4. The number of fused-ring (bicyclic) bond motifs is 2. The normalized spacial score (nSPS) is 36.9. The van der Waals surface area contributed by atoms with Gasteiger partial charge in [-0.25, -0.2) is 14.4 Å². The van der Waals surface area contributed by atoms with Crippen LogP contribution in [-0.2, 0) is 33.4 Å². The molecule has 2 aliphatic heterocycles. The highest BCUT2D eigenvalue weighted by Gasteiger charge is 2.73. The number of cyclic esters (lactones) is 1. The second-order valence-corrected chi connectivity index (χ2v) is 4.19. The number of carbonyl (C=O) groups is 4. The third-order valence-electron chi connectivity index (χ3n) is 3.06. The Balaban J connectivity index is 2.59. The van der Waals surface area contributed by atoms with E-state index >= 15 is 0 Å². The van der Waals surface area contributed by atoms with Crippen molar-refractivity contribution in [2.24, 2.45) is 0 Å². The highest BCUT2D eigenvalue weighted by Crippen LogP contribution is 2.36. The number of esters is 3. The van der Waals surface area contributed by atoms with Crippen LogP contribution < -0.4 is 0 Å². The summed E-state index contributed by atoms with van der Waals surface area (Å²) in [6, 6.07) is 0. The van der Waals surface area contributed by atoms with Crippen LogP contribution in [0.2, 0.25) is 0 Å². The number of hydrogen-bond acceptors (Lipinski definition) is 10. The van der Waals surface area contributed by atoms with Gasteiger partial charge in [0.05, 0.1) is 6.61 Å². The third-order valence-corrected chi connectivity index (χ3v) is 3.06. The molecule has 3 N–H and O–H groups in total. The van der Waals surface area contributed by atoms with Gasteiger partial charge in [0.15, 0.2) is 0 Å². The lowest BCUT2D eigenvalue weighted by Crippen LogP contribution is -2.61. The van der Waals surface area contributed by atoms with E-state index in [1.807, 2.05) is 0 Å². The summed E-state index contributed by atoms with van der Waals surface area (Å²) in [6.45, 7) is -3.51. The standard InChI is InChI=1S/C10H10O10/c11-1-4-5(14)19-10(3-13)6(15)9(2-12,7(16)18-4)20-8(10)17/h4,11-13H,1-3H2. The molecule has 0 radical (unpaired) electrons. The summed E-state index contributed by atoms with van der Waals surface area (Å²) in [4.78, 5) is 47.2. The Hall–Kier alpha value is -2.04. The SMILES string of the molecule is O=C1OC2(CO)C(=O)OC(CO)(C(=O)OC1CO)C2=O. The summed E-state index contributed by atoms with van der Waals surface area (Å²) in [5, 5.41) is 27.3. The third kappa shape index (κ3) is 1.55. The van der Waals surface area contributed by atoms with Crippen LogP contribution >= 0.6 is 0 Å². The number of ether oxygens (including phenoxy) is 3. The lowest BCUT2D eigenvalue weighted by Gasteiger charge is -2.29. The van der Waals surface area contributed by atoms with E-state index in [2.05, 4.69) is 14.2 Å². The predicted molar refractivity (Wildman–Crippen MR) is 53.8 cm³/mol. The van der Waals surface area contributed by atoms with E-state index in [-0.39, 0.29) is 0 Å². The molecule has 2 bridgehead atoms. The van der Waals surface area contributed by atoms with Gasteiger partial charge in [-0.1, -0.05) is 0 Å². The van der Waals surface area contributed by atoms with Crippen molar-refractivity contribution in [2.45, 2.75) is 17.3 Å². The number of Topliss-reactive ketones (excluding diaryl/α,β-unsaturated/α-hetero) is 1. The highest BCUT2D eigenvalue weighted by atomic mass is 16.7. The molecule has 20 heavy (non-hydrogen) atoms. The van der Waals surface area contributed by atoms with Gasteiger partial charge in [0.25, 0.3) is 11.2 Å². The zero-order valence-electron chi connectivity index (χ0n) is 9.90. The minimum absolute atomic E-state index is 0.976. The van der Waals surface area contributed by atoms with Crippen molar-refractivity contribution in [3.05, 3.63) is 0 Å². The molecule has 3 atom stereocenters. The van der Waals surface area contributed by atoms with E-state index in [4.69, 9.17) is 5.11 Å². The lowest BCUT2D eigenvalue weighted by atomic mass is 9.89. The fourth-order valence-corrected chi connectivity index (χ4v) is 1.89. The van der Waals surface area contributed by atoms with Crippen LogP contribution in [0.15, 0.2) is 0 Å². The fraction of sp³-hybridized carbons (Fsp3) is 0.600. The first-order valence-corrected chi connectivity index (χ1v) is 5.43. The quantitative estimate of drug-likeness (QED) is 0.266. The highest BCUT2D eigenvalue weighted by molar-refractivity contribution is 6.26. The van der Waals surface area contributed by atoms with Crippen molar-refractivity contribution in [1.82, 2.24) is 0 Å². The second kappa shape index (κ2) is 4.51. The molecule has 2 heterocycles. The van der Waals surface area contributed by atoms with Crippen molar-refractivity contribution in [3.8, 4) is 0 Å². The molecule has 110 valence electrons. The van der Waals surface area contributed by atoms with Crippen molar-refractivity contribution in [3.63, 3.8) is 0 Å². The molecule has 10 nitrogen and oxygen atoms in total. The molecule has 0 amide bonds. The molecule has 0 aromatic rings. The van der Waals surface area contributed by atoms with Crippen molar-refractivity contribution in [1.29, 1.82) is 0 Å². The van der Waals surface area contributed by atoms with Crippen molar-refractivity contribution < 1.29 is 48.7 Å². The van der Waals surface area contributed by atoms with Gasteiger partial charge in [-0.2, -0.15) is 0 Å². The van der Waals surface area contributed by atoms with Crippen LogP contribution in [0, 0.1) is 0 Å². The van der Waals surface area contributed by atoms with Crippen LogP contribution in [0.5, 0.6) is 0 Å². The van der Waals surface area contributed by atoms with E-state index < -0.39 is 60.8 Å². The molecule has 0 aromatic heterocycles. The second-order valence-electron chi connectivity index (χ2n) is 4.19. The molecular weight excluding hydrogens is 280 g/mol. The van der Waals surface area contributed by atoms with Gasteiger partial charge < -0.3 is 29.5 Å². The average molecular weight is 290 g/mol. The maximum absolute atomic E-state index is 12.1. The molecular formula is C10H10O10. The summed E-state index contributed by atoms with van der Waals surface area (Å²) >= 11 is 0.